The van der Waals surface area contributed by atoms with Crippen LogP contribution in [0.3, 0.4) is 0 Å². The van der Waals surface area contributed by atoms with Crippen molar-refractivity contribution in [3.63, 3.8) is 0 Å². The molecule has 3 aliphatic rings. The number of benzene rings is 8. The number of halogens is 3. The Hall–Kier alpha value is -5.00. The Kier molecular flexibility index (Phi) is 10.4. The largest absolute Gasteiger partial charge is 0.309 e. The van der Waals surface area contributed by atoms with E-state index >= 15 is 0 Å². The molecule has 12 rings (SSSR count). The van der Waals surface area contributed by atoms with Gasteiger partial charge in [-0.3, -0.25) is 0 Å². The molecule has 0 fully saturated rings. The van der Waals surface area contributed by atoms with E-state index in [-0.39, 0.29) is 18.3 Å². The molecule has 0 unspecified atom stereocenters. The number of rotatable bonds is 1. The van der Waals surface area contributed by atoms with Gasteiger partial charge in [-0.15, -0.1) is 0 Å². The van der Waals surface area contributed by atoms with E-state index in [9.17, 15) is 0 Å². The topological polar surface area (TPSA) is 4.93 Å². The minimum atomic E-state index is -0.0246. The first kappa shape index (κ1) is 40.4. The highest BCUT2D eigenvalue weighted by Gasteiger charge is 2.37. The molecule has 0 radical (unpaired) electrons. The van der Waals surface area contributed by atoms with Gasteiger partial charge >= 0.3 is 0 Å². The van der Waals surface area contributed by atoms with E-state index in [4.69, 9.17) is 0 Å². The van der Waals surface area contributed by atoms with Crippen molar-refractivity contribution in [1.29, 1.82) is 0 Å². The fourth-order valence-corrected chi connectivity index (χ4v) is 10.9. The van der Waals surface area contributed by atoms with Crippen LogP contribution in [0.15, 0.2) is 183 Å². The quantitative estimate of drug-likeness (QED) is 0.154. The van der Waals surface area contributed by atoms with E-state index in [1.807, 2.05) is 0 Å². The second kappa shape index (κ2) is 15.5. The summed E-state index contributed by atoms with van der Waals surface area (Å²) in [6.07, 6.45) is 1.10. The van der Waals surface area contributed by atoms with Gasteiger partial charge in [0.25, 0.3) is 0 Å². The third-order valence-corrected chi connectivity index (χ3v) is 14.2. The monoisotopic (exact) mass is 969 g/mol. The Balaban J connectivity index is 0.000000126. The van der Waals surface area contributed by atoms with Crippen LogP contribution in [0.5, 0.6) is 0 Å². The zero-order chi connectivity index (χ0) is 40.6. The number of nitrogens with zero attached hydrogens (tertiary/aromatic N) is 1. The highest BCUT2D eigenvalue weighted by atomic mass is 79.9. The zero-order valence-corrected chi connectivity index (χ0v) is 38.2. The van der Waals surface area contributed by atoms with Crippen LogP contribution in [-0.4, -0.2) is 4.57 Å². The van der Waals surface area contributed by atoms with E-state index in [1.165, 1.54) is 94.3 Å². The van der Waals surface area contributed by atoms with Gasteiger partial charge in [0.05, 0.1) is 11.0 Å². The molecule has 9 aromatic rings. The second-order valence-corrected chi connectivity index (χ2v) is 19.7. The molecule has 8 aromatic carbocycles. The lowest BCUT2D eigenvalue weighted by atomic mass is 9.82. The molecule has 60 heavy (non-hydrogen) atoms. The molecule has 0 atom stereocenters. The van der Waals surface area contributed by atoms with Gasteiger partial charge in [0.2, 0.25) is 0 Å². The average Bonchev–Trinajstić information content (AvgIpc) is 3.92. The van der Waals surface area contributed by atoms with Crippen LogP contribution < -0.4 is 0 Å². The Morgan fingerprint density at radius 2 is 0.733 bits per heavy atom. The van der Waals surface area contributed by atoms with Gasteiger partial charge in [-0.2, -0.15) is 0 Å². The summed E-state index contributed by atoms with van der Waals surface area (Å²) in [5, 5.41) is 2.60. The van der Waals surface area contributed by atoms with E-state index in [1.54, 1.807) is 0 Å². The first-order valence-electron chi connectivity index (χ1n) is 20.2. The molecule has 3 aliphatic carbocycles. The molecule has 1 heterocycles. The van der Waals surface area contributed by atoms with Crippen molar-refractivity contribution in [2.24, 2.45) is 0 Å². The van der Waals surface area contributed by atoms with Gasteiger partial charge in [0.15, 0.2) is 0 Å². The molecular formula is C56H46Br3N. The maximum atomic E-state index is 3.66. The molecule has 0 spiro atoms. The molecule has 0 amide bonds. The number of hydrogen-bond acceptors (Lipinski definition) is 0. The molecule has 1 aromatic heterocycles. The molecule has 0 aliphatic heterocycles. The minimum Gasteiger partial charge on any atom is -0.309 e. The Morgan fingerprint density at radius 1 is 0.383 bits per heavy atom. The highest BCUT2D eigenvalue weighted by Crippen LogP contribution is 2.51. The van der Waals surface area contributed by atoms with Crippen molar-refractivity contribution in [2.45, 2.75) is 52.4 Å². The Bertz CT molecular complexity index is 2980. The fourth-order valence-electron chi connectivity index (χ4n) is 9.80. The minimum absolute atomic E-state index is 0. The van der Waals surface area contributed by atoms with Gasteiger partial charge in [0, 0.05) is 40.7 Å². The highest BCUT2D eigenvalue weighted by molar-refractivity contribution is 9.11. The van der Waals surface area contributed by atoms with E-state index in [2.05, 4.69) is 250 Å². The molecule has 1 nitrogen and oxygen atoms in total. The van der Waals surface area contributed by atoms with Gasteiger partial charge in [-0.05, 0) is 134 Å². The molecule has 4 heteroatoms. The molecule has 0 saturated heterocycles. The normalized spacial score (nSPS) is 14.0. The third kappa shape index (κ3) is 6.63. The molecule has 0 saturated carbocycles. The standard InChI is InChI=1S/C27H20BrN.C15H12Br2.C13H10.CH4/c1-27(2)23-15-17(28)11-13-19(23)20-14-12-18(16-24(20)27)29-25-9-5-3-7-21(25)22-8-4-6-10-26(22)29;1-15(2)13-7-9(16)3-5-11(13)12-6-4-10(17)8-14(12)15;1-3-7-12-10(5-1)9-11-6-2-4-8-13(11)12;/h3-16H,1-2H3;3-8H,1-2H3;1-8H,9H2;1H4. The van der Waals surface area contributed by atoms with E-state index in [0.717, 1.165) is 19.8 Å². The summed E-state index contributed by atoms with van der Waals surface area (Å²) in [7, 11) is 0. The molecule has 296 valence electrons. The Labute approximate surface area is 379 Å². The second-order valence-electron chi connectivity index (χ2n) is 16.9. The number of fused-ring (bicyclic) bond motifs is 12. The number of hydrogen-bond donors (Lipinski definition) is 0. The van der Waals surface area contributed by atoms with Gasteiger partial charge in [-0.25, -0.2) is 0 Å². The summed E-state index contributed by atoms with van der Waals surface area (Å²) in [5.41, 5.74) is 20.6. The van der Waals surface area contributed by atoms with E-state index < -0.39 is 0 Å². The fraction of sp³-hybridized carbons (Fsp3) is 0.143. The van der Waals surface area contributed by atoms with Gasteiger partial charge < -0.3 is 4.57 Å². The summed E-state index contributed by atoms with van der Waals surface area (Å²) in [4.78, 5) is 0. The first-order valence-corrected chi connectivity index (χ1v) is 22.6. The SMILES string of the molecule is C.CC1(C)c2cc(Br)ccc2-c2ccc(-n3c4ccccc4c4ccccc43)cc21.CC1(C)c2cc(Br)ccc2-c2ccc(Br)cc21.c1ccc2c(c1)Cc1ccccc1-2. The lowest BCUT2D eigenvalue weighted by Crippen LogP contribution is -2.15. The zero-order valence-electron chi connectivity index (χ0n) is 33.5. The van der Waals surface area contributed by atoms with Crippen LogP contribution in [0.2, 0.25) is 0 Å². The number of para-hydroxylation sites is 2. The van der Waals surface area contributed by atoms with E-state index in [0.29, 0.717) is 0 Å². The maximum Gasteiger partial charge on any atom is 0.0541 e. The third-order valence-electron chi connectivity index (χ3n) is 12.8. The van der Waals surface area contributed by atoms with Crippen molar-refractivity contribution >= 4 is 69.6 Å². The summed E-state index contributed by atoms with van der Waals surface area (Å²) in [6, 6.07) is 61.5. The van der Waals surface area contributed by atoms with Gasteiger partial charge in [-0.1, -0.05) is 192 Å². The summed E-state index contributed by atoms with van der Waals surface area (Å²) in [6.45, 7) is 9.24. The Morgan fingerprint density at radius 3 is 1.17 bits per heavy atom. The van der Waals surface area contributed by atoms with Crippen LogP contribution in [0.4, 0.5) is 0 Å². The molecular weight excluding hydrogens is 926 g/mol. The average molecular weight is 973 g/mol. The van der Waals surface area contributed by atoms with Gasteiger partial charge in [0.1, 0.15) is 0 Å². The predicted octanol–water partition coefficient (Wildman–Crippen LogP) is 17.3. The molecule has 0 bridgehead atoms. The summed E-state index contributed by atoms with van der Waals surface area (Å²) in [5.74, 6) is 0. The van der Waals surface area contributed by atoms with Crippen LogP contribution in [0, 0.1) is 0 Å². The number of aromatic nitrogens is 1. The van der Waals surface area contributed by atoms with Crippen molar-refractivity contribution in [1.82, 2.24) is 4.57 Å². The smallest absolute Gasteiger partial charge is 0.0541 e. The van der Waals surface area contributed by atoms with Crippen molar-refractivity contribution < 1.29 is 0 Å². The predicted molar refractivity (Wildman–Crippen MR) is 267 cm³/mol. The van der Waals surface area contributed by atoms with Crippen molar-refractivity contribution in [3.8, 4) is 39.1 Å². The first-order chi connectivity index (χ1) is 28.5. The van der Waals surface area contributed by atoms with Crippen molar-refractivity contribution in [2.75, 3.05) is 0 Å². The lowest BCUT2D eigenvalue weighted by Gasteiger charge is -2.22. The van der Waals surface area contributed by atoms with Crippen LogP contribution in [0.25, 0.3) is 60.9 Å². The van der Waals surface area contributed by atoms with Crippen LogP contribution >= 0.6 is 47.8 Å². The van der Waals surface area contributed by atoms with Crippen LogP contribution in [0.1, 0.15) is 68.5 Å². The summed E-state index contributed by atoms with van der Waals surface area (Å²) < 4.78 is 5.84. The maximum absolute atomic E-state index is 3.66. The lowest BCUT2D eigenvalue weighted by molar-refractivity contribution is 0.659. The van der Waals surface area contributed by atoms with Crippen molar-refractivity contribution in [3.05, 3.63) is 217 Å². The molecule has 0 N–H and O–H groups in total. The summed E-state index contributed by atoms with van der Waals surface area (Å²) >= 11 is 10.8. The van der Waals surface area contributed by atoms with Crippen LogP contribution in [-0.2, 0) is 17.3 Å².